The molecule has 1 atom stereocenters. The minimum atomic E-state index is 0.205. The molecule has 1 fully saturated rings. The van der Waals surface area contributed by atoms with Crippen molar-refractivity contribution in [2.45, 2.75) is 39.7 Å². The van der Waals surface area contributed by atoms with E-state index in [0.717, 1.165) is 48.2 Å². The molecule has 0 radical (unpaired) electrons. The van der Waals surface area contributed by atoms with Crippen LogP contribution in [0.2, 0.25) is 0 Å². The van der Waals surface area contributed by atoms with E-state index in [-0.39, 0.29) is 5.54 Å². The Labute approximate surface area is 173 Å². The molecule has 2 aromatic rings. The first-order chi connectivity index (χ1) is 13.8. The Morgan fingerprint density at radius 2 is 1.97 bits per heavy atom. The predicted molar refractivity (Wildman–Crippen MR) is 118 cm³/mol. The van der Waals surface area contributed by atoms with Crippen LogP contribution >= 0.6 is 0 Å². The molecule has 1 aliphatic rings. The van der Waals surface area contributed by atoms with E-state index in [1.165, 1.54) is 0 Å². The van der Waals surface area contributed by atoms with E-state index < -0.39 is 0 Å². The van der Waals surface area contributed by atoms with Crippen molar-refractivity contribution >= 4 is 17.5 Å². The minimum Gasteiger partial charge on any atom is -0.493 e. The van der Waals surface area contributed by atoms with Crippen LogP contribution in [-0.4, -0.2) is 54.3 Å². The Kier molecular flexibility index (Phi) is 6.47. The molecule has 2 N–H and O–H groups in total. The molecule has 158 valence electrons. The second kappa shape index (κ2) is 8.86. The van der Waals surface area contributed by atoms with Gasteiger partial charge < -0.3 is 20.1 Å². The number of aryl methyl sites for hydroxylation is 1. The number of hydrogen-bond donors (Lipinski definition) is 2. The molecule has 7 heteroatoms. The van der Waals surface area contributed by atoms with Crippen LogP contribution in [0.1, 0.15) is 32.9 Å². The van der Waals surface area contributed by atoms with Crippen LogP contribution in [0.5, 0.6) is 11.5 Å². The molecular weight excluding hydrogens is 366 g/mol. The first-order valence-electron chi connectivity index (χ1n) is 10.1. The van der Waals surface area contributed by atoms with Crippen molar-refractivity contribution in [3.05, 3.63) is 30.0 Å². The average molecular weight is 400 g/mol. The lowest BCUT2D eigenvalue weighted by Crippen LogP contribution is -2.39. The molecule has 7 nitrogen and oxygen atoms in total. The molecule has 0 bridgehead atoms. The lowest BCUT2D eigenvalue weighted by Gasteiger charge is -2.31. The summed E-state index contributed by atoms with van der Waals surface area (Å²) in [6.07, 6.45) is 1.15. The lowest BCUT2D eigenvalue weighted by atomic mass is 10.1. The number of methoxy groups -OCH3 is 1. The molecule has 29 heavy (non-hydrogen) atoms. The number of hydrogen-bond acceptors (Lipinski definition) is 7. The van der Waals surface area contributed by atoms with E-state index in [0.29, 0.717) is 18.5 Å². The number of nitrogens with one attached hydrogen (secondary N) is 2. The second-order valence-electron chi connectivity index (χ2n) is 8.54. The molecule has 1 saturated heterocycles. The monoisotopic (exact) mass is 399 g/mol. The van der Waals surface area contributed by atoms with Crippen molar-refractivity contribution in [3.8, 4) is 11.5 Å². The Hall–Kier alpha value is -2.54. The van der Waals surface area contributed by atoms with Gasteiger partial charge >= 0.3 is 0 Å². The summed E-state index contributed by atoms with van der Waals surface area (Å²) in [5.74, 6) is 3.29. The third-order valence-electron chi connectivity index (χ3n) is 5.24. The van der Waals surface area contributed by atoms with E-state index >= 15 is 0 Å². The van der Waals surface area contributed by atoms with Gasteiger partial charge in [0.15, 0.2) is 11.5 Å². The Bertz CT molecular complexity index is 834. The summed E-state index contributed by atoms with van der Waals surface area (Å²) in [5.41, 5.74) is 1.95. The van der Waals surface area contributed by atoms with Crippen molar-refractivity contribution in [2.75, 3.05) is 44.5 Å². The Morgan fingerprint density at radius 1 is 1.17 bits per heavy atom. The molecule has 0 saturated carbocycles. The molecule has 1 aromatic carbocycles. The van der Waals surface area contributed by atoms with Crippen LogP contribution in [0.3, 0.4) is 0 Å². The van der Waals surface area contributed by atoms with Gasteiger partial charge in [-0.3, -0.25) is 4.90 Å². The first kappa shape index (κ1) is 21.2. The normalized spacial score (nSPS) is 17.2. The van der Waals surface area contributed by atoms with Crippen LogP contribution in [0, 0.1) is 12.8 Å². The highest BCUT2D eigenvalue weighted by Gasteiger charge is 2.30. The summed E-state index contributed by atoms with van der Waals surface area (Å²) < 4.78 is 11.7. The summed E-state index contributed by atoms with van der Waals surface area (Å²) >= 11 is 0. The van der Waals surface area contributed by atoms with Gasteiger partial charge in [0, 0.05) is 48.6 Å². The third-order valence-corrected chi connectivity index (χ3v) is 5.24. The SMILES string of the molecule is CNc1cc(C)nc(Nc2ccc(OC)c(OC[C@H]3CCN(C(C)(C)C)C3)c2)n1. The standard InChI is InChI=1S/C22H33N5O2/c1-15-11-20(23-5)26-21(24-15)25-17-7-8-18(28-6)19(12-17)29-14-16-9-10-27(13-16)22(2,3)4/h7-8,11-12,16H,9-10,13-14H2,1-6H3,(H2,23,24,25,26)/t16-/m0/s1. The van der Waals surface area contributed by atoms with E-state index in [9.17, 15) is 0 Å². The topological polar surface area (TPSA) is 71.5 Å². The third kappa shape index (κ3) is 5.50. The average Bonchev–Trinajstić information content (AvgIpc) is 3.15. The number of rotatable bonds is 7. The van der Waals surface area contributed by atoms with E-state index in [1.54, 1.807) is 7.11 Å². The van der Waals surface area contributed by atoms with Gasteiger partial charge in [-0.15, -0.1) is 0 Å². The first-order valence-corrected chi connectivity index (χ1v) is 10.1. The van der Waals surface area contributed by atoms with E-state index in [2.05, 4.69) is 46.3 Å². The van der Waals surface area contributed by atoms with Gasteiger partial charge in [-0.25, -0.2) is 4.98 Å². The van der Waals surface area contributed by atoms with Gasteiger partial charge in [-0.05, 0) is 52.8 Å². The summed E-state index contributed by atoms with van der Waals surface area (Å²) in [6.45, 7) is 11.6. The number of likely N-dealkylation sites (tertiary alicyclic amines) is 1. The summed E-state index contributed by atoms with van der Waals surface area (Å²) in [7, 11) is 3.50. The summed E-state index contributed by atoms with van der Waals surface area (Å²) in [5, 5.41) is 6.31. The van der Waals surface area contributed by atoms with Crippen LogP contribution in [0.25, 0.3) is 0 Å². The molecule has 2 heterocycles. The van der Waals surface area contributed by atoms with Gasteiger partial charge in [0.05, 0.1) is 13.7 Å². The number of aromatic nitrogens is 2. The number of anilines is 3. The fourth-order valence-electron chi connectivity index (χ4n) is 3.53. The van der Waals surface area contributed by atoms with Crippen molar-refractivity contribution in [2.24, 2.45) is 5.92 Å². The zero-order valence-corrected chi connectivity index (χ0v) is 18.4. The van der Waals surface area contributed by atoms with Gasteiger partial charge in [0.25, 0.3) is 0 Å². The summed E-state index contributed by atoms with van der Waals surface area (Å²) in [6, 6.07) is 7.69. The molecule has 3 rings (SSSR count). The lowest BCUT2D eigenvalue weighted by molar-refractivity contribution is 0.157. The fourth-order valence-corrected chi connectivity index (χ4v) is 3.53. The highest BCUT2D eigenvalue weighted by atomic mass is 16.5. The number of ether oxygens (including phenoxy) is 2. The largest absolute Gasteiger partial charge is 0.493 e. The van der Waals surface area contributed by atoms with Gasteiger partial charge in [0.2, 0.25) is 5.95 Å². The smallest absolute Gasteiger partial charge is 0.229 e. The molecule has 1 aliphatic heterocycles. The maximum Gasteiger partial charge on any atom is 0.229 e. The zero-order valence-electron chi connectivity index (χ0n) is 18.4. The quantitative estimate of drug-likeness (QED) is 0.727. The Morgan fingerprint density at radius 3 is 2.62 bits per heavy atom. The molecular formula is C22H33N5O2. The van der Waals surface area contributed by atoms with Crippen LogP contribution in [0.4, 0.5) is 17.5 Å². The predicted octanol–water partition coefficient (Wildman–Crippen LogP) is 4.08. The molecule has 0 unspecified atom stereocenters. The summed E-state index contributed by atoms with van der Waals surface area (Å²) in [4.78, 5) is 11.4. The molecule has 0 amide bonds. The van der Waals surface area contributed by atoms with Gasteiger partial charge in [-0.2, -0.15) is 4.98 Å². The van der Waals surface area contributed by atoms with E-state index in [4.69, 9.17) is 9.47 Å². The van der Waals surface area contributed by atoms with Crippen molar-refractivity contribution in [1.82, 2.24) is 14.9 Å². The fraction of sp³-hybridized carbons (Fsp3) is 0.545. The van der Waals surface area contributed by atoms with Crippen LogP contribution in [0.15, 0.2) is 24.3 Å². The van der Waals surface area contributed by atoms with Gasteiger partial charge in [-0.1, -0.05) is 0 Å². The number of benzene rings is 1. The van der Waals surface area contributed by atoms with Crippen LogP contribution in [-0.2, 0) is 0 Å². The maximum atomic E-state index is 6.18. The molecule has 0 spiro atoms. The maximum absolute atomic E-state index is 6.18. The van der Waals surface area contributed by atoms with E-state index in [1.807, 2.05) is 38.2 Å². The second-order valence-corrected chi connectivity index (χ2v) is 8.54. The van der Waals surface area contributed by atoms with Gasteiger partial charge in [0.1, 0.15) is 5.82 Å². The highest BCUT2D eigenvalue weighted by molar-refractivity contribution is 5.60. The minimum absolute atomic E-state index is 0.205. The zero-order chi connectivity index (χ0) is 21.0. The van der Waals surface area contributed by atoms with Crippen molar-refractivity contribution in [1.29, 1.82) is 0 Å². The highest BCUT2D eigenvalue weighted by Crippen LogP contribution is 2.33. The van der Waals surface area contributed by atoms with Crippen LogP contribution < -0.4 is 20.1 Å². The van der Waals surface area contributed by atoms with Crippen molar-refractivity contribution < 1.29 is 9.47 Å². The molecule has 0 aliphatic carbocycles. The molecule has 1 aromatic heterocycles. The van der Waals surface area contributed by atoms with Crippen molar-refractivity contribution in [3.63, 3.8) is 0 Å². The Balaban J connectivity index is 1.69. The number of nitrogens with zero attached hydrogens (tertiary/aromatic N) is 3.